The van der Waals surface area contributed by atoms with Crippen LogP contribution in [0, 0.1) is 10.1 Å². The van der Waals surface area contributed by atoms with Crippen LogP contribution in [0.15, 0.2) is 6.33 Å². The van der Waals surface area contributed by atoms with E-state index in [4.69, 9.17) is 5.11 Å². The molecule has 0 saturated carbocycles. The predicted octanol–water partition coefficient (Wildman–Crippen LogP) is -0.143. The average molecular weight is 229 g/mol. The van der Waals surface area contributed by atoms with Crippen LogP contribution in [0.3, 0.4) is 0 Å². The second-order valence-electron chi connectivity index (χ2n) is 2.48. The van der Waals surface area contributed by atoms with E-state index in [1.165, 1.54) is 7.11 Å². The molecule has 1 N–H and O–H groups in total. The van der Waals surface area contributed by atoms with Gasteiger partial charge in [-0.3, -0.25) is 10.1 Å². The molecule has 9 heteroatoms. The number of nitrogens with zero attached hydrogens (tertiary/aromatic N) is 3. The lowest BCUT2D eigenvalue weighted by atomic mass is 10.5. The van der Waals surface area contributed by atoms with Crippen LogP contribution in [0.2, 0.25) is 0 Å². The summed E-state index contributed by atoms with van der Waals surface area (Å²) in [5, 5.41) is 19.0. The van der Waals surface area contributed by atoms with Gasteiger partial charge in [-0.05, 0) is 0 Å². The summed E-state index contributed by atoms with van der Waals surface area (Å²) in [7, 11) is 1.19. The van der Waals surface area contributed by atoms with Gasteiger partial charge in [-0.2, -0.15) is 9.97 Å². The largest absolute Gasteiger partial charge is 0.479 e. The van der Waals surface area contributed by atoms with Crippen LogP contribution in [0.5, 0.6) is 11.8 Å². The second kappa shape index (κ2) is 4.87. The van der Waals surface area contributed by atoms with Crippen LogP contribution in [0.25, 0.3) is 0 Å². The van der Waals surface area contributed by atoms with Gasteiger partial charge in [-0.25, -0.2) is 4.79 Å². The van der Waals surface area contributed by atoms with Crippen molar-refractivity contribution in [2.24, 2.45) is 0 Å². The van der Waals surface area contributed by atoms with Gasteiger partial charge in [-0.15, -0.1) is 0 Å². The number of aliphatic carboxylic acids is 1. The molecule has 0 spiro atoms. The molecule has 0 unspecified atom stereocenters. The molecule has 0 aliphatic carbocycles. The topological polar surface area (TPSA) is 125 Å². The zero-order chi connectivity index (χ0) is 12.1. The fourth-order valence-electron chi connectivity index (χ4n) is 0.889. The van der Waals surface area contributed by atoms with Crippen molar-refractivity contribution >= 4 is 11.7 Å². The Hall–Kier alpha value is -2.45. The second-order valence-corrected chi connectivity index (χ2v) is 2.48. The Labute approximate surface area is 88.8 Å². The molecule has 0 bridgehead atoms. The number of aromatic nitrogens is 2. The van der Waals surface area contributed by atoms with E-state index >= 15 is 0 Å². The molecule has 0 aromatic carbocycles. The van der Waals surface area contributed by atoms with E-state index in [0.29, 0.717) is 0 Å². The molecule has 1 heterocycles. The molecule has 1 rings (SSSR count). The fourth-order valence-corrected chi connectivity index (χ4v) is 0.889. The van der Waals surface area contributed by atoms with Crippen molar-refractivity contribution in [3.63, 3.8) is 0 Å². The number of carbonyl (C=O) groups is 1. The molecule has 0 aliphatic heterocycles. The van der Waals surface area contributed by atoms with E-state index < -0.39 is 29.1 Å². The van der Waals surface area contributed by atoms with Gasteiger partial charge in [0.15, 0.2) is 6.61 Å². The minimum Gasteiger partial charge on any atom is -0.479 e. The average Bonchev–Trinajstić information content (AvgIpc) is 2.25. The van der Waals surface area contributed by atoms with Gasteiger partial charge in [0, 0.05) is 0 Å². The number of methoxy groups -OCH3 is 1. The molecular weight excluding hydrogens is 222 g/mol. The highest BCUT2D eigenvalue weighted by Crippen LogP contribution is 2.31. The number of carboxylic acids is 1. The Morgan fingerprint density at radius 3 is 2.69 bits per heavy atom. The van der Waals surface area contributed by atoms with Crippen LogP contribution >= 0.6 is 0 Å². The van der Waals surface area contributed by atoms with Crippen molar-refractivity contribution in [1.82, 2.24) is 9.97 Å². The van der Waals surface area contributed by atoms with Gasteiger partial charge in [0.25, 0.3) is 0 Å². The molecule has 0 amide bonds. The van der Waals surface area contributed by atoms with E-state index in [2.05, 4.69) is 19.4 Å². The van der Waals surface area contributed by atoms with Crippen molar-refractivity contribution in [1.29, 1.82) is 0 Å². The standard InChI is InChI=1S/C7H7N3O6/c1-15-6-5(10(13)14)7(9-3-8-6)16-2-4(11)12/h3H,2H2,1H3,(H,11,12). The van der Waals surface area contributed by atoms with Crippen LogP contribution in [-0.4, -0.2) is 39.7 Å². The maximum absolute atomic E-state index is 10.7. The molecular formula is C7H7N3O6. The van der Waals surface area contributed by atoms with Gasteiger partial charge < -0.3 is 14.6 Å². The molecule has 0 radical (unpaired) electrons. The Morgan fingerprint density at radius 2 is 2.19 bits per heavy atom. The molecule has 0 fully saturated rings. The first kappa shape index (κ1) is 11.6. The lowest BCUT2D eigenvalue weighted by molar-refractivity contribution is -0.387. The molecule has 9 nitrogen and oxygen atoms in total. The van der Waals surface area contributed by atoms with Gasteiger partial charge in [0.1, 0.15) is 6.33 Å². The number of carboxylic acid groups (broad SMARTS) is 1. The van der Waals surface area contributed by atoms with Crippen LogP contribution < -0.4 is 9.47 Å². The number of hydrogen-bond acceptors (Lipinski definition) is 7. The minimum atomic E-state index is -1.27. The summed E-state index contributed by atoms with van der Waals surface area (Å²) in [6.45, 7) is -0.735. The summed E-state index contributed by atoms with van der Waals surface area (Å²) >= 11 is 0. The summed E-state index contributed by atoms with van der Waals surface area (Å²) in [5.41, 5.74) is -0.605. The maximum Gasteiger partial charge on any atom is 0.392 e. The third kappa shape index (κ3) is 2.53. The minimum absolute atomic E-state index is 0.291. The summed E-state index contributed by atoms with van der Waals surface area (Å²) in [6.07, 6.45) is 0.975. The van der Waals surface area contributed by atoms with E-state index in [0.717, 1.165) is 6.33 Å². The first-order valence-corrected chi connectivity index (χ1v) is 3.94. The zero-order valence-corrected chi connectivity index (χ0v) is 8.11. The highest BCUT2D eigenvalue weighted by molar-refractivity contribution is 5.68. The van der Waals surface area contributed by atoms with E-state index in [1.807, 2.05) is 0 Å². The van der Waals surface area contributed by atoms with Crippen LogP contribution in [0.1, 0.15) is 0 Å². The maximum atomic E-state index is 10.7. The van der Waals surface area contributed by atoms with Gasteiger partial charge in [0.2, 0.25) is 0 Å². The lowest BCUT2D eigenvalue weighted by Crippen LogP contribution is -2.12. The smallest absolute Gasteiger partial charge is 0.392 e. The quantitative estimate of drug-likeness (QED) is 0.546. The third-order valence-electron chi connectivity index (χ3n) is 1.46. The van der Waals surface area contributed by atoms with Crippen molar-refractivity contribution in [3.05, 3.63) is 16.4 Å². The SMILES string of the molecule is COc1ncnc(OCC(=O)O)c1[N+](=O)[O-]. The Bertz CT molecular complexity index is 421. The monoisotopic (exact) mass is 229 g/mol. The van der Waals surface area contributed by atoms with Crippen LogP contribution in [-0.2, 0) is 4.79 Å². The first-order chi connectivity index (χ1) is 7.56. The summed E-state index contributed by atoms with van der Waals surface area (Å²) < 4.78 is 9.26. The number of hydrogen-bond donors (Lipinski definition) is 1. The number of ether oxygens (including phenoxy) is 2. The molecule has 16 heavy (non-hydrogen) atoms. The lowest BCUT2D eigenvalue weighted by Gasteiger charge is -2.04. The fraction of sp³-hybridized carbons (Fsp3) is 0.286. The number of nitro groups is 1. The highest BCUT2D eigenvalue weighted by atomic mass is 16.6. The molecule has 0 aliphatic rings. The summed E-state index contributed by atoms with van der Waals surface area (Å²) in [6, 6.07) is 0. The van der Waals surface area contributed by atoms with E-state index in [1.54, 1.807) is 0 Å². The van der Waals surface area contributed by atoms with Crippen molar-refractivity contribution in [3.8, 4) is 11.8 Å². The normalized spacial score (nSPS) is 9.56. The van der Waals surface area contributed by atoms with Crippen molar-refractivity contribution < 1.29 is 24.3 Å². The first-order valence-electron chi connectivity index (χ1n) is 3.94. The molecule has 0 saturated heterocycles. The molecule has 1 aromatic heterocycles. The van der Waals surface area contributed by atoms with Crippen molar-refractivity contribution in [2.75, 3.05) is 13.7 Å². The third-order valence-corrected chi connectivity index (χ3v) is 1.46. The van der Waals surface area contributed by atoms with Crippen molar-refractivity contribution in [2.45, 2.75) is 0 Å². The van der Waals surface area contributed by atoms with Crippen LogP contribution in [0.4, 0.5) is 5.69 Å². The van der Waals surface area contributed by atoms with Gasteiger partial charge in [0.05, 0.1) is 12.0 Å². The molecule has 86 valence electrons. The van der Waals surface area contributed by atoms with E-state index in [-0.39, 0.29) is 5.88 Å². The summed E-state index contributed by atoms with van der Waals surface area (Å²) in [5.74, 6) is -2.01. The molecule has 0 atom stereocenters. The Kier molecular flexibility index (Phi) is 3.53. The van der Waals surface area contributed by atoms with Gasteiger partial charge in [-0.1, -0.05) is 0 Å². The predicted molar refractivity (Wildman–Crippen MR) is 48.4 cm³/mol. The van der Waals surface area contributed by atoms with E-state index in [9.17, 15) is 14.9 Å². The van der Waals surface area contributed by atoms with Gasteiger partial charge >= 0.3 is 23.4 Å². The zero-order valence-electron chi connectivity index (χ0n) is 8.11. The summed E-state index contributed by atoms with van der Waals surface area (Å²) in [4.78, 5) is 27.1. The Morgan fingerprint density at radius 1 is 1.56 bits per heavy atom. The highest BCUT2D eigenvalue weighted by Gasteiger charge is 2.25. The molecule has 1 aromatic rings. The Balaban J connectivity index is 3.07. The number of rotatable bonds is 5.